The maximum absolute atomic E-state index is 12.7. The summed E-state index contributed by atoms with van der Waals surface area (Å²) < 4.78 is 10.6. The predicted molar refractivity (Wildman–Crippen MR) is 112 cm³/mol. The summed E-state index contributed by atoms with van der Waals surface area (Å²) in [6.07, 6.45) is 1.64. The third-order valence-electron chi connectivity index (χ3n) is 5.18. The number of anilines is 1. The lowest BCUT2D eigenvalue weighted by atomic mass is 9.98. The van der Waals surface area contributed by atoms with Gasteiger partial charge < -0.3 is 19.5 Å². The quantitative estimate of drug-likeness (QED) is 0.485. The average molecular weight is 423 g/mol. The number of nitro groups is 1. The first-order valence-corrected chi connectivity index (χ1v) is 9.82. The van der Waals surface area contributed by atoms with Gasteiger partial charge in [0.2, 0.25) is 11.7 Å². The van der Waals surface area contributed by atoms with Gasteiger partial charge in [0, 0.05) is 36.5 Å². The summed E-state index contributed by atoms with van der Waals surface area (Å²) in [4.78, 5) is 29.1. The number of hydrogen-bond donors (Lipinski definition) is 1. The van der Waals surface area contributed by atoms with Crippen LogP contribution < -0.4 is 10.1 Å². The number of nitro benzene ring substituents is 1. The van der Waals surface area contributed by atoms with Crippen LogP contribution in [0.5, 0.6) is 5.75 Å². The lowest BCUT2D eigenvalue weighted by Gasteiger charge is -2.31. The summed E-state index contributed by atoms with van der Waals surface area (Å²) in [5.74, 6) is 1.68. The average Bonchev–Trinajstić information content (AvgIpc) is 3.30. The molecule has 0 spiro atoms. The molecule has 10 nitrogen and oxygen atoms in total. The fourth-order valence-electron chi connectivity index (χ4n) is 3.49. The minimum Gasteiger partial charge on any atom is -0.497 e. The molecular formula is C21H21N5O5. The first kappa shape index (κ1) is 20.3. The number of non-ortho nitro benzene ring substituents is 1. The standard InChI is InChI=1S/C21H21N5O5/c1-30-18-10-4-14(5-11-18)19-23-20(31-24-19)15-3-2-12-25(13-15)21(27)22-16-6-8-17(9-7-16)26(28)29/h4-11,15H,2-3,12-13H2,1H3,(H,22,27)/t15-/m1/s1. The fraction of sp³-hybridized carbons (Fsp3) is 0.286. The highest BCUT2D eigenvalue weighted by Gasteiger charge is 2.29. The van der Waals surface area contributed by atoms with Crippen molar-refractivity contribution < 1.29 is 19.0 Å². The predicted octanol–water partition coefficient (Wildman–Crippen LogP) is 4.06. The normalized spacial score (nSPS) is 16.0. The zero-order valence-electron chi connectivity index (χ0n) is 16.9. The maximum atomic E-state index is 12.7. The van der Waals surface area contributed by atoms with Gasteiger partial charge in [-0.05, 0) is 49.2 Å². The number of benzene rings is 2. The number of amides is 2. The largest absolute Gasteiger partial charge is 0.497 e. The molecule has 3 aromatic rings. The van der Waals surface area contributed by atoms with Crippen LogP contribution in [0, 0.1) is 10.1 Å². The van der Waals surface area contributed by atoms with Crippen LogP contribution in [0.1, 0.15) is 24.7 Å². The zero-order chi connectivity index (χ0) is 21.8. The minimum absolute atomic E-state index is 0.0277. The molecule has 1 aliphatic rings. The van der Waals surface area contributed by atoms with Gasteiger partial charge in [0.05, 0.1) is 18.0 Å². The number of likely N-dealkylation sites (tertiary alicyclic amines) is 1. The number of carbonyl (C=O) groups is 1. The SMILES string of the molecule is COc1ccc(-c2noc([C@@H]3CCCN(C(=O)Nc4ccc([N+](=O)[O-])cc4)C3)n2)cc1. The van der Waals surface area contributed by atoms with Gasteiger partial charge in [-0.3, -0.25) is 10.1 Å². The number of piperidine rings is 1. The number of urea groups is 1. The van der Waals surface area contributed by atoms with Crippen LogP contribution >= 0.6 is 0 Å². The fourth-order valence-corrected chi connectivity index (χ4v) is 3.49. The molecule has 2 amide bonds. The molecule has 1 N–H and O–H groups in total. The molecule has 0 saturated carbocycles. The topological polar surface area (TPSA) is 124 Å². The molecule has 1 aliphatic heterocycles. The lowest BCUT2D eigenvalue weighted by Crippen LogP contribution is -2.41. The van der Waals surface area contributed by atoms with Gasteiger partial charge in [-0.25, -0.2) is 4.79 Å². The molecule has 10 heteroatoms. The van der Waals surface area contributed by atoms with Crippen LogP contribution in [0.2, 0.25) is 0 Å². The van der Waals surface area contributed by atoms with Gasteiger partial charge in [-0.1, -0.05) is 5.16 Å². The van der Waals surface area contributed by atoms with Crippen molar-refractivity contribution in [2.45, 2.75) is 18.8 Å². The summed E-state index contributed by atoms with van der Waals surface area (Å²) in [7, 11) is 1.61. The Labute approximate surface area is 178 Å². The minimum atomic E-state index is -0.481. The number of ether oxygens (including phenoxy) is 1. The molecule has 1 aromatic heterocycles. The number of hydrogen-bond acceptors (Lipinski definition) is 7. The van der Waals surface area contributed by atoms with Crippen molar-refractivity contribution in [2.24, 2.45) is 0 Å². The van der Waals surface area contributed by atoms with E-state index in [0.717, 1.165) is 24.2 Å². The highest BCUT2D eigenvalue weighted by Crippen LogP contribution is 2.28. The van der Waals surface area contributed by atoms with E-state index in [9.17, 15) is 14.9 Å². The highest BCUT2D eigenvalue weighted by molar-refractivity contribution is 5.89. The van der Waals surface area contributed by atoms with E-state index in [0.29, 0.717) is 30.5 Å². The van der Waals surface area contributed by atoms with Crippen molar-refractivity contribution in [3.8, 4) is 17.1 Å². The van der Waals surface area contributed by atoms with E-state index >= 15 is 0 Å². The molecule has 0 aliphatic carbocycles. The van der Waals surface area contributed by atoms with Gasteiger partial charge in [-0.2, -0.15) is 4.98 Å². The molecule has 0 radical (unpaired) electrons. The van der Waals surface area contributed by atoms with Crippen molar-refractivity contribution in [3.05, 3.63) is 64.5 Å². The first-order valence-electron chi connectivity index (χ1n) is 9.82. The molecular weight excluding hydrogens is 402 g/mol. The first-order chi connectivity index (χ1) is 15.0. The van der Waals surface area contributed by atoms with Gasteiger partial charge >= 0.3 is 6.03 Å². The van der Waals surface area contributed by atoms with Gasteiger partial charge in [0.1, 0.15) is 5.75 Å². The summed E-state index contributed by atoms with van der Waals surface area (Å²) in [5, 5.41) is 17.6. The Morgan fingerprint density at radius 1 is 1.23 bits per heavy atom. The second-order valence-electron chi connectivity index (χ2n) is 7.20. The molecule has 2 heterocycles. The smallest absolute Gasteiger partial charge is 0.321 e. The van der Waals surface area contributed by atoms with Crippen LogP contribution in [-0.2, 0) is 0 Å². The summed E-state index contributed by atoms with van der Waals surface area (Å²) >= 11 is 0. The summed E-state index contributed by atoms with van der Waals surface area (Å²) in [6, 6.07) is 12.8. The third kappa shape index (κ3) is 4.63. The van der Waals surface area contributed by atoms with E-state index in [-0.39, 0.29) is 17.6 Å². The Kier molecular flexibility index (Phi) is 5.78. The molecule has 160 valence electrons. The Morgan fingerprint density at radius 2 is 1.97 bits per heavy atom. The Hall–Kier alpha value is -3.95. The van der Waals surface area contributed by atoms with E-state index in [1.165, 1.54) is 24.3 Å². The Morgan fingerprint density at radius 3 is 2.65 bits per heavy atom. The molecule has 0 unspecified atom stereocenters. The molecule has 1 saturated heterocycles. The number of aromatic nitrogens is 2. The Bertz CT molecular complexity index is 1060. The van der Waals surface area contributed by atoms with Crippen molar-refractivity contribution in [3.63, 3.8) is 0 Å². The monoisotopic (exact) mass is 423 g/mol. The second kappa shape index (κ2) is 8.82. The molecule has 1 fully saturated rings. The van der Waals surface area contributed by atoms with Crippen LogP contribution in [0.25, 0.3) is 11.4 Å². The van der Waals surface area contributed by atoms with E-state index < -0.39 is 4.92 Å². The van der Waals surface area contributed by atoms with Crippen molar-refractivity contribution in [2.75, 3.05) is 25.5 Å². The van der Waals surface area contributed by atoms with E-state index in [1.54, 1.807) is 12.0 Å². The lowest BCUT2D eigenvalue weighted by molar-refractivity contribution is -0.384. The van der Waals surface area contributed by atoms with E-state index in [4.69, 9.17) is 9.26 Å². The van der Waals surface area contributed by atoms with Crippen LogP contribution in [0.15, 0.2) is 53.1 Å². The number of methoxy groups -OCH3 is 1. The zero-order valence-corrected chi connectivity index (χ0v) is 16.9. The molecule has 31 heavy (non-hydrogen) atoms. The number of rotatable bonds is 5. The molecule has 4 rings (SSSR count). The van der Waals surface area contributed by atoms with Crippen LogP contribution in [-0.4, -0.2) is 46.2 Å². The van der Waals surface area contributed by atoms with Crippen molar-refractivity contribution in [1.29, 1.82) is 0 Å². The number of nitrogens with one attached hydrogen (secondary N) is 1. The summed E-state index contributed by atoms with van der Waals surface area (Å²) in [5.41, 5.74) is 1.29. The van der Waals surface area contributed by atoms with Gasteiger partial charge in [0.25, 0.3) is 5.69 Å². The van der Waals surface area contributed by atoms with E-state index in [1.807, 2.05) is 24.3 Å². The Balaban J connectivity index is 1.40. The van der Waals surface area contributed by atoms with Crippen molar-refractivity contribution >= 4 is 17.4 Å². The third-order valence-corrected chi connectivity index (χ3v) is 5.18. The maximum Gasteiger partial charge on any atom is 0.321 e. The highest BCUT2D eigenvalue weighted by atomic mass is 16.6. The molecule has 1 atom stereocenters. The van der Waals surface area contributed by atoms with Crippen LogP contribution in [0.3, 0.4) is 0 Å². The number of nitrogens with zero attached hydrogens (tertiary/aromatic N) is 4. The number of carbonyl (C=O) groups excluding carboxylic acids is 1. The van der Waals surface area contributed by atoms with Gasteiger partial charge in [0.15, 0.2) is 0 Å². The molecule has 0 bridgehead atoms. The van der Waals surface area contributed by atoms with E-state index in [2.05, 4.69) is 15.5 Å². The summed E-state index contributed by atoms with van der Waals surface area (Å²) in [6.45, 7) is 1.05. The van der Waals surface area contributed by atoms with Gasteiger partial charge in [-0.15, -0.1) is 0 Å². The molecule has 2 aromatic carbocycles. The van der Waals surface area contributed by atoms with Crippen molar-refractivity contribution in [1.82, 2.24) is 15.0 Å². The second-order valence-corrected chi connectivity index (χ2v) is 7.20. The van der Waals surface area contributed by atoms with Crippen LogP contribution in [0.4, 0.5) is 16.2 Å².